The summed E-state index contributed by atoms with van der Waals surface area (Å²) in [5.41, 5.74) is 7.20. The van der Waals surface area contributed by atoms with Crippen molar-refractivity contribution in [3.63, 3.8) is 0 Å². The summed E-state index contributed by atoms with van der Waals surface area (Å²) in [5, 5.41) is 12.7. The van der Waals surface area contributed by atoms with Crippen molar-refractivity contribution in [3.8, 4) is 0 Å². The van der Waals surface area contributed by atoms with Gasteiger partial charge in [-0.15, -0.1) is 0 Å². The first kappa shape index (κ1) is 14.8. The first-order valence-corrected chi connectivity index (χ1v) is 6.73. The van der Waals surface area contributed by atoms with Crippen LogP contribution < -0.4 is 16.4 Å². The molecule has 2 aromatic rings. The van der Waals surface area contributed by atoms with Gasteiger partial charge in [-0.25, -0.2) is 0 Å². The van der Waals surface area contributed by atoms with Crippen molar-refractivity contribution in [2.24, 2.45) is 0 Å². The fourth-order valence-corrected chi connectivity index (χ4v) is 1.94. The Balaban J connectivity index is 2.15. The quantitative estimate of drug-likeness (QED) is 0.623. The zero-order valence-corrected chi connectivity index (χ0v) is 12.2. The summed E-state index contributed by atoms with van der Waals surface area (Å²) in [6.45, 7) is 5.34. The number of anilines is 1. The summed E-state index contributed by atoms with van der Waals surface area (Å²) in [6.07, 6.45) is 0. The molecule has 112 valence electrons. The molecule has 1 heterocycles. The molecule has 21 heavy (non-hydrogen) atoms. The molecular formula is C14H19N5O2. The minimum Gasteiger partial charge on any atom is -0.399 e. The van der Waals surface area contributed by atoms with E-state index in [4.69, 9.17) is 5.73 Å². The Hall–Kier alpha value is -2.57. The highest BCUT2D eigenvalue weighted by Gasteiger charge is 2.20. The second-order valence-corrected chi connectivity index (χ2v) is 5.24. The highest BCUT2D eigenvalue weighted by molar-refractivity contribution is 6.06. The predicted molar refractivity (Wildman–Crippen MR) is 80.7 cm³/mol. The smallest absolute Gasteiger partial charge is 0.273 e. The van der Waals surface area contributed by atoms with E-state index in [9.17, 15) is 9.59 Å². The third-order valence-electron chi connectivity index (χ3n) is 2.97. The lowest BCUT2D eigenvalue weighted by Gasteiger charge is -2.15. The summed E-state index contributed by atoms with van der Waals surface area (Å²) < 4.78 is 0. The summed E-state index contributed by atoms with van der Waals surface area (Å²) >= 11 is 0. The van der Waals surface area contributed by atoms with Gasteiger partial charge in [0.05, 0.1) is 5.52 Å². The zero-order valence-electron chi connectivity index (χ0n) is 12.2. The number of hydrogen-bond acceptors (Lipinski definition) is 4. The van der Waals surface area contributed by atoms with E-state index in [1.807, 2.05) is 13.8 Å². The molecule has 0 aliphatic heterocycles. The maximum atomic E-state index is 12.2. The van der Waals surface area contributed by atoms with Crippen LogP contribution in [0, 0.1) is 0 Å². The molecule has 7 nitrogen and oxygen atoms in total. The number of aromatic amines is 1. The number of amides is 2. The van der Waals surface area contributed by atoms with Crippen molar-refractivity contribution >= 4 is 28.4 Å². The first-order chi connectivity index (χ1) is 9.88. The number of rotatable bonds is 4. The number of nitrogens with two attached hydrogens (primary N) is 1. The number of hydrogen-bond donors (Lipinski definition) is 4. The Morgan fingerprint density at radius 2 is 1.95 bits per heavy atom. The van der Waals surface area contributed by atoms with Gasteiger partial charge in [0.1, 0.15) is 6.04 Å². The molecule has 2 amide bonds. The standard InChI is InChI=1S/C14H19N5O2/c1-7(2)16-13(20)8(3)17-14(21)12-10-6-9(15)4-5-11(10)18-19-12/h4-8H,15H2,1-3H3,(H,16,20)(H,17,21)(H,18,19). The number of aromatic nitrogens is 2. The van der Waals surface area contributed by atoms with Crippen LogP contribution in [-0.2, 0) is 4.79 Å². The van der Waals surface area contributed by atoms with Crippen LogP contribution in [0.25, 0.3) is 10.9 Å². The fourth-order valence-electron chi connectivity index (χ4n) is 1.94. The molecule has 0 spiro atoms. The molecule has 1 aromatic carbocycles. The molecule has 0 fully saturated rings. The van der Waals surface area contributed by atoms with Crippen LogP contribution in [0.5, 0.6) is 0 Å². The lowest BCUT2D eigenvalue weighted by atomic mass is 10.1. The van der Waals surface area contributed by atoms with Crippen LogP contribution in [0.3, 0.4) is 0 Å². The van der Waals surface area contributed by atoms with Gasteiger partial charge in [-0.3, -0.25) is 14.7 Å². The Bertz CT molecular complexity index is 677. The van der Waals surface area contributed by atoms with E-state index in [-0.39, 0.29) is 17.6 Å². The van der Waals surface area contributed by atoms with Crippen molar-refractivity contribution in [3.05, 3.63) is 23.9 Å². The molecule has 0 aliphatic carbocycles. The molecule has 0 saturated carbocycles. The highest BCUT2D eigenvalue weighted by Crippen LogP contribution is 2.18. The average molecular weight is 289 g/mol. The second-order valence-electron chi connectivity index (χ2n) is 5.24. The molecule has 0 aliphatic rings. The first-order valence-electron chi connectivity index (χ1n) is 6.73. The summed E-state index contributed by atoms with van der Waals surface area (Å²) in [6, 6.07) is 4.52. The van der Waals surface area contributed by atoms with Crippen molar-refractivity contribution in [1.82, 2.24) is 20.8 Å². The summed E-state index contributed by atoms with van der Waals surface area (Å²) in [4.78, 5) is 24.0. The van der Waals surface area contributed by atoms with Crippen LogP contribution >= 0.6 is 0 Å². The van der Waals surface area contributed by atoms with E-state index in [1.54, 1.807) is 25.1 Å². The molecule has 7 heteroatoms. The number of carbonyl (C=O) groups excluding carboxylic acids is 2. The number of nitrogens with zero attached hydrogens (tertiary/aromatic N) is 1. The molecule has 1 unspecified atom stereocenters. The molecule has 2 rings (SSSR count). The number of H-pyrrole nitrogens is 1. The summed E-state index contributed by atoms with van der Waals surface area (Å²) in [7, 11) is 0. The van der Waals surface area contributed by atoms with E-state index in [1.165, 1.54) is 0 Å². The molecule has 0 saturated heterocycles. The number of fused-ring (bicyclic) bond motifs is 1. The second kappa shape index (κ2) is 5.82. The average Bonchev–Trinajstić information content (AvgIpc) is 2.80. The van der Waals surface area contributed by atoms with Crippen molar-refractivity contribution in [2.45, 2.75) is 32.9 Å². The third kappa shape index (κ3) is 3.31. The minimum absolute atomic E-state index is 0.0165. The lowest BCUT2D eigenvalue weighted by Crippen LogP contribution is -2.46. The molecule has 1 aromatic heterocycles. The number of nitrogens with one attached hydrogen (secondary N) is 3. The Morgan fingerprint density at radius 3 is 2.62 bits per heavy atom. The predicted octanol–water partition coefficient (Wildman–Crippen LogP) is 0.788. The van der Waals surface area contributed by atoms with E-state index in [0.717, 1.165) is 0 Å². The van der Waals surface area contributed by atoms with Gasteiger partial charge in [-0.2, -0.15) is 5.10 Å². The van der Waals surface area contributed by atoms with Gasteiger partial charge in [0, 0.05) is 17.1 Å². The van der Waals surface area contributed by atoms with Crippen LogP contribution in [0.2, 0.25) is 0 Å². The van der Waals surface area contributed by atoms with E-state index < -0.39 is 11.9 Å². The lowest BCUT2D eigenvalue weighted by molar-refractivity contribution is -0.123. The number of nitrogen functional groups attached to an aromatic ring is 1. The largest absolute Gasteiger partial charge is 0.399 e. The highest BCUT2D eigenvalue weighted by atomic mass is 16.2. The van der Waals surface area contributed by atoms with Crippen LogP contribution in [0.1, 0.15) is 31.3 Å². The number of benzene rings is 1. The molecule has 1 atom stereocenters. The van der Waals surface area contributed by atoms with E-state index in [2.05, 4.69) is 20.8 Å². The molecule has 0 radical (unpaired) electrons. The SMILES string of the molecule is CC(C)NC(=O)C(C)NC(=O)c1n[nH]c2ccc(N)cc12. The van der Waals surface area contributed by atoms with Gasteiger partial charge in [0.15, 0.2) is 5.69 Å². The monoisotopic (exact) mass is 289 g/mol. The normalized spacial score (nSPS) is 12.4. The van der Waals surface area contributed by atoms with Gasteiger partial charge in [0.2, 0.25) is 5.91 Å². The maximum Gasteiger partial charge on any atom is 0.273 e. The van der Waals surface area contributed by atoms with Crippen molar-refractivity contribution < 1.29 is 9.59 Å². The molecule has 5 N–H and O–H groups in total. The van der Waals surface area contributed by atoms with Gasteiger partial charge >= 0.3 is 0 Å². The van der Waals surface area contributed by atoms with Crippen LogP contribution in [0.4, 0.5) is 5.69 Å². The number of carbonyl (C=O) groups is 2. The minimum atomic E-state index is -0.646. The van der Waals surface area contributed by atoms with Crippen LogP contribution in [-0.4, -0.2) is 34.1 Å². The molecule has 0 bridgehead atoms. The maximum absolute atomic E-state index is 12.2. The Morgan fingerprint density at radius 1 is 1.24 bits per heavy atom. The Labute approximate surface area is 122 Å². The van der Waals surface area contributed by atoms with Gasteiger partial charge in [-0.05, 0) is 39.0 Å². The van der Waals surface area contributed by atoms with Gasteiger partial charge in [0.25, 0.3) is 5.91 Å². The van der Waals surface area contributed by atoms with Crippen molar-refractivity contribution in [2.75, 3.05) is 5.73 Å². The third-order valence-corrected chi connectivity index (χ3v) is 2.97. The van der Waals surface area contributed by atoms with E-state index >= 15 is 0 Å². The van der Waals surface area contributed by atoms with Gasteiger partial charge < -0.3 is 16.4 Å². The Kier molecular flexibility index (Phi) is 4.11. The van der Waals surface area contributed by atoms with E-state index in [0.29, 0.717) is 16.6 Å². The van der Waals surface area contributed by atoms with Gasteiger partial charge in [-0.1, -0.05) is 0 Å². The van der Waals surface area contributed by atoms with Crippen molar-refractivity contribution in [1.29, 1.82) is 0 Å². The topological polar surface area (TPSA) is 113 Å². The zero-order chi connectivity index (χ0) is 15.6. The fraction of sp³-hybridized carbons (Fsp3) is 0.357. The summed E-state index contributed by atoms with van der Waals surface area (Å²) in [5.74, 6) is -0.657. The van der Waals surface area contributed by atoms with Crippen LogP contribution in [0.15, 0.2) is 18.2 Å². The molecular weight excluding hydrogens is 270 g/mol.